The van der Waals surface area contributed by atoms with Gasteiger partial charge in [-0.25, -0.2) is 0 Å². The zero-order valence-corrected chi connectivity index (χ0v) is 5.99. The van der Waals surface area contributed by atoms with E-state index in [2.05, 4.69) is 19.6 Å². The molecular formula is C6H12OS. The van der Waals surface area contributed by atoms with Crippen molar-refractivity contribution in [2.45, 2.75) is 25.4 Å². The molecule has 0 saturated heterocycles. The minimum absolute atomic E-state index is 0.400. The van der Waals surface area contributed by atoms with E-state index in [1.54, 1.807) is 0 Å². The summed E-state index contributed by atoms with van der Waals surface area (Å²) in [4.78, 5) is 0. The van der Waals surface area contributed by atoms with Crippen LogP contribution in [0.2, 0.25) is 0 Å². The topological polar surface area (TPSA) is 20.2 Å². The third kappa shape index (κ3) is 1.00. The highest BCUT2D eigenvalue weighted by atomic mass is 32.1. The molecule has 0 spiro atoms. The number of rotatable bonds is 1. The van der Waals surface area contributed by atoms with Crippen LogP contribution in [-0.2, 0) is 0 Å². The highest BCUT2D eigenvalue weighted by Crippen LogP contribution is 2.37. The van der Waals surface area contributed by atoms with Gasteiger partial charge in [0, 0.05) is 5.75 Å². The Hall–Kier alpha value is 0.310. The third-order valence-corrected chi connectivity index (χ3v) is 2.34. The zero-order chi connectivity index (χ0) is 6.20. The van der Waals surface area contributed by atoms with Gasteiger partial charge in [0.15, 0.2) is 0 Å². The Morgan fingerprint density at radius 2 is 2.25 bits per heavy atom. The van der Waals surface area contributed by atoms with Gasteiger partial charge in [-0.15, -0.1) is 0 Å². The van der Waals surface area contributed by atoms with Gasteiger partial charge in [-0.05, 0) is 18.8 Å². The lowest BCUT2D eigenvalue weighted by Crippen LogP contribution is -2.44. The summed E-state index contributed by atoms with van der Waals surface area (Å²) in [5, 5.41) is 9.31. The molecule has 1 N–H and O–H groups in total. The Morgan fingerprint density at radius 1 is 1.75 bits per heavy atom. The first-order valence-electron chi connectivity index (χ1n) is 2.99. The molecule has 0 bridgehead atoms. The molecule has 0 heterocycles. The molecule has 0 radical (unpaired) electrons. The van der Waals surface area contributed by atoms with Crippen LogP contribution in [0.25, 0.3) is 0 Å². The van der Waals surface area contributed by atoms with E-state index in [0.29, 0.717) is 11.7 Å². The third-order valence-electron chi connectivity index (χ3n) is 1.75. The number of hydrogen-bond donors (Lipinski definition) is 2. The summed E-state index contributed by atoms with van der Waals surface area (Å²) in [5.74, 6) is 1.34. The van der Waals surface area contributed by atoms with Crippen molar-refractivity contribution in [1.82, 2.24) is 0 Å². The highest BCUT2D eigenvalue weighted by molar-refractivity contribution is 7.80. The second kappa shape index (κ2) is 1.92. The van der Waals surface area contributed by atoms with E-state index in [-0.39, 0.29) is 0 Å². The molecule has 1 rings (SSSR count). The summed E-state index contributed by atoms with van der Waals surface area (Å²) in [5.41, 5.74) is -0.400. The molecule has 0 aromatic heterocycles. The molecule has 1 aliphatic carbocycles. The van der Waals surface area contributed by atoms with Gasteiger partial charge in [-0.3, -0.25) is 0 Å². The van der Waals surface area contributed by atoms with Crippen molar-refractivity contribution in [2.24, 2.45) is 5.92 Å². The van der Waals surface area contributed by atoms with Crippen molar-refractivity contribution in [1.29, 1.82) is 0 Å². The molecule has 8 heavy (non-hydrogen) atoms. The predicted octanol–water partition coefficient (Wildman–Crippen LogP) is 1.08. The summed E-state index contributed by atoms with van der Waals surface area (Å²) < 4.78 is 0. The molecule has 0 aromatic rings. The van der Waals surface area contributed by atoms with Gasteiger partial charge in [0.2, 0.25) is 0 Å². The second-order valence-electron chi connectivity index (χ2n) is 2.90. The van der Waals surface area contributed by atoms with Crippen LogP contribution in [0.4, 0.5) is 0 Å². The van der Waals surface area contributed by atoms with Crippen LogP contribution in [0, 0.1) is 5.92 Å². The van der Waals surface area contributed by atoms with Crippen molar-refractivity contribution in [3.63, 3.8) is 0 Å². The molecule has 48 valence electrons. The maximum atomic E-state index is 9.31. The van der Waals surface area contributed by atoms with Crippen LogP contribution < -0.4 is 0 Å². The van der Waals surface area contributed by atoms with Gasteiger partial charge < -0.3 is 5.11 Å². The SMILES string of the molecule is CC1CC(O)(CS)C1. The number of hydrogen-bond acceptors (Lipinski definition) is 2. The van der Waals surface area contributed by atoms with Crippen LogP contribution in [0.3, 0.4) is 0 Å². The minimum atomic E-state index is -0.400. The molecule has 1 fully saturated rings. The van der Waals surface area contributed by atoms with Crippen LogP contribution >= 0.6 is 12.6 Å². The molecular weight excluding hydrogens is 120 g/mol. The molecule has 1 saturated carbocycles. The predicted molar refractivity (Wildman–Crippen MR) is 37.2 cm³/mol. The first kappa shape index (κ1) is 6.43. The van der Waals surface area contributed by atoms with E-state index in [1.165, 1.54) is 0 Å². The van der Waals surface area contributed by atoms with E-state index >= 15 is 0 Å². The molecule has 0 aromatic carbocycles. The number of aliphatic hydroxyl groups is 1. The van der Waals surface area contributed by atoms with Gasteiger partial charge in [0.1, 0.15) is 0 Å². The van der Waals surface area contributed by atoms with Crippen molar-refractivity contribution in [2.75, 3.05) is 5.75 Å². The molecule has 0 aliphatic heterocycles. The fourth-order valence-corrected chi connectivity index (χ4v) is 1.62. The van der Waals surface area contributed by atoms with Crippen LogP contribution in [-0.4, -0.2) is 16.5 Å². The molecule has 1 nitrogen and oxygen atoms in total. The average molecular weight is 132 g/mol. The Kier molecular flexibility index (Phi) is 1.54. The first-order valence-corrected chi connectivity index (χ1v) is 3.63. The fourth-order valence-electron chi connectivity index (χ4n) is 1.37. The van der Waals surface area contributed by atoms with E-state index in [1.807, 2.05) is 0 Å². The summed E-state index contributed by atoms with van der Waals surface area (Å²) in [6.07, 6.45) is 1.88. The summed E-state index contributed by atoms with van der Waals surface area (Å²) in [7, 11) is 0. The lowest BCUT2D eigenvalue weighted by Gasteiger charge is -2.40. The highest BCUT2D eigenvalue weighted by Gasteiger charge is 2.38. The lowest BCUT2D eigenvalue weighted by atomic mass is 9.73. The largest absolute Gasteiger partial charge is 0.389 e. The monoisotopic (exact) mass is 132 g/mol. The van der Waals surface area contributed by atoms with E-state index in [4.69, 9.17) is 0 Å². The smallest absolute Gasteiger partial charge is 0.0740 e. The van der Waals surface area contributed by atoms with Crippen molar-refractivity contribution in [3.05, 3.63) is 0 Å². The Morgan fingerprint density at radius 3 is 2.38 bits per heavy atom. The maximum absolute atomic E-state index is 9.31. The molecule has 2 heteroatoms. The summed E-state index contributed by atoms with van der Waals surface area (Å²) in [6.45, 7) is 2.15. The molecule has 0 atom stereocenters. The van der Waals surface area contributed by atoms with Crippen LogP contribution in [0.5, 0.6) is 0 Å². The van der Waals surface area contributed by atoms with Crippen molar-refractivity contribution in [3.8, 4) is 0 Å². The molecule has 0 unspecified atom stereocenters. The van der Waals surface area contributed by atoms with E-state index < -0.39 is 5.60 Å². The standard InChI is InChI=1S/C6H12OS/c1-5-2-6(7,3-5)4-8/h5,7-8H,2-4H2,1H3. The van der Waals surface area contributed by atoms with Gasteiger partial charge in [-0.1, -0.05) is 6.92 Å². The lowest BCUT2D eigenvalue weighted by molar-refractivity contribution is -0.0458. The minimum Gasteiger partial charge on any atom is -0.389 e. The summed E-state index contributed by atoms with van der Waals surface area (Å²) in [6, 6.07) is 0. The van der Waals surface area contributed by atoms with Crippen molar-refractivity contribution < 1.29 is 5.11 Å². The quantitative estimate of drug-likeness (QED) is 0.511. The number of thiol groups is 1. The van der Waals surface area contributed by atoms with Gasteiger partial charge in [0.05, 0.1) is 5.60 Å². The Bertz CT molecular complexity index is 86.5. The maximum Gasteiger partial charge on any atom is 0.0740 e. The Balaban J connectivity index is 2.30. The average Bonchev–Trinajstić information content (AvgIpc) is 1.63. The van der Waals surface area contributed by atoms with Crippen molar-refractivity contribution >= 4 is 12.6 Å². The normalized spacial score (nSPS) is 46.1. The fraction of sp³-hybridized carbons (Fsp3) is 1.00. The second-order valence-corrected chi connectivity index (χ2v) is 3.21. The van der Waals surface area contributed by atoms with Gasteiger partial charge in [-0.2, -0.15) is 12.6 Å². The van der Waals surface area contributed by atoms with E-state index in [0.717, 1.165) is 12.8 Å². The van der Waals surface area contributed by atoms with Gasteiger partial charge in [0.25, 0.3) is 0 Å². The van der Waals surface area contributed by atoms with Crippen LogP contribution in [0.15, 0.2) is 0 Å². The summed E-state index contributed by atoms with van der Waals surface area (Å²) >= 11 is 4.02. The zero-order valence-electron chi connectivity index (χ0n) is 5.09. The first-order chi connectivity index (χ1) is 3.66. The Labute approximate surface area is 55.5 Å². The van der Waals surface area contributed by atoms with E-state index in [9.17, 15) is 5.11 Å². The van der Waals surface area contributed by atoms with Gasteiger partial charge >= 0.3 is 0 Å². The molecule has 1 aliphatic rings. The van der Waals surface area contributed by atoms with Crippen LogP contribution in [0.1, 0.15) is 19.8 Å². The molecule has 0 amide bonds.